The maximum absolute atomic E-state index is 13.5. The van der Waals surface area contributed by atoms with Crippen LogP contribution < -0.4 is 5.32 Å². The first kappa shape index (κ1) is 18.5. The number of benzene rings is 2. The van der Waals surface area contributed by atoms with Crippen LogP contribution in [0.1, 0.15) is 16.1 Å². The number of ether oxygens (including phenoxy) is 2. The number of furan rings is 1. The molecular formula is C19H15F2NO5. The Morgan fingerprint density at radius 3 is 2.70 bits per heavy atom. The largest absolute Gasteiger partial charge is 0.450 e. The van der Waals surface area contributed by atoms with E-state index in [1.165, 1.54) is 7.11 Å². The molecule has 1 N–H and O–H groups in total. The van der Waals surface area contributed by atoms with Crippen LogP contribution in [0.4, 0.5) is 14.5 Å². The summed E-state index contributed by atoms with van der Waals surface area (Å²) < 4.78 is 42.2. The molecule has 8 heteroatoms. The van der Waals surface area contributed by atoms with E-state index in [1.807, 2.05) is 0 Å². The summed E-state index contributed by atoms with van der Waals surface area (Å²) in [5, 5.41) is 2.83. The molecule has 0 unspecified atom stereocenters. The van der Waals surface area contributed by atoms with Crippen molar-refractivity contribution in [2.24, 2.45) is 0 Å². The van der Waals surface area contributed by atoms with Gasteiger partial charge < -0.3 is 19.2 Å². The van der Waals surface area contributed by atoms with Crippen molar-refractivity contribution in [3.63, 3.8) is 0 Å². The molecule has 140 valence electrons. The second-order valence-electron chi connectivity index (χ2n) is 5.59. The Kier molecular flexibility index (Phi) is 5.46. The Balaban J connectivity index is 1.70. The van der Waals surface area contributed by atoms with E-state index in [2.05, 4.69) is 5.32 Å². The normalized spacial score (nSPS) is 10.8. The Hall–Kier alpha value is -3.26. The van der Waals surface area contributed by atoms with Gasteiger partial charge in [0.2, 0.25) is 5.76 Å². The zero-order chi connectivity index (χ0) is 19.4. The summed E-state index contributed by atoms with van der Waals surface area (Å²) in [7, 11) is 1.47. The van der Waals surface area contributed by atoms with Crippen molar-refractivity contribution in [1.29, 1.82) is 0 Å². The maximum atomic E-state index is 13.5. The SMILES string of the molecule is COCc1c(C(=O)OCC(=O)Nc2cc(F)ccc2F)oc2ccccc12. The first-order valence-corrected chi connectivity index (χ1v) is 7.91. The van der Waals surface area contributed by atoms with E-state index in [0.717, 1.165) is 18.2 Å². The van der Waals surface area contributed by atoms with E-state index in [0.29, 0.717) is 16.5 Å². The number of rotatable bonds is 6. The average Bonchev–Trinajstić information content (AvgIpc) is 3.02. The first-order chi connectivity index (χ1) is 13.0. The molecule has 1 amide bonds. The highest BCUT2D eigenvalue weighted by molar-refractivity contribution is 5.98. The molecule has 1 aromatic heterocycles. The minimum absolute atomic E-state index is 0.0808. The Labute approximate surface area is 152 Å². The molecule has 0 bridgehead atoms. The fourth-order valence-electron chi connectivity index (χ4n) is 2.53. The van der Waals surface area contributed by atoms with E-state index in [-0.39, 0.29) is 18.1 Å². The molecule has 6 nitrogen and oxygen atoms in total. The van der Waals surface area contributed by atoms with E-state index in [1.54, 1.807) is 24.3 Å². The topological polar surface area (TPSA) is 77.8 Å². The Morgan fingerprint density at radius 1 is 1.15 bits per heavy atom. The second-order valence-corrected chi connectivity index (χ2v) is 5.59. The summed E-state index contributed by atoms with van der Waals surface area (Å²) >= 11 is 0. The van der Waals surface area contributed by atoms with Gasteiger partial charge in [-0.25, -0.2) is 13.6 Å². The lowest BCUT2D eigenvalue weighted by Gasteiger charge is -2.07. The van der Waals surface area contributed by atoms with E-state index >= 15 is 0 Å². The Morgan fingerprint density at radius 2 is 1.93 bits per heavy atom. The van der Waals surface area contributed by atoms with Crippen molar-refractivity contribution >= 4 is 28.5 Å². The van der Waals surface area contributed by atoms with Gasteiger partial charge in [-0.3, -0.25) is 4.79 Å². The van der Waals surface area contributed by atoms with Gasteiger partial charge in [-0.1, -0.05) is 18.2 Å². The van der Waals surface area contributed by atoms with E-state index in [9.17, 15) is 18.4 Å². The standard InChI is InChI=1S/C19H15F2NO5/c1-25-9-13-12-4-2-3-5-16(12)27-18(13)19(24)26-10-17(23)22-15-8-11(20)6-7-14(15)21/h2-8H,9-10H2,1H3,(H,22,23). The number of esters is 1. The zero-order valence-corrected chi connectivity index (χ0v) is 14.3. The summed E-state index contributed by atoms with van der Waals surface area (Å²) in [6.07, 6.45) is 0. The third-order valence-corrected chi connectivity index (χ3v) is 3.71. The van der Waals surface area contributed by atoms with Crippen LogP contribution in [0, 0.1) is 11.6 Å². The predicted molar refractivity (Wildman–Crippen MR) is 92.2 cm³/mol. The van der Waals surface area contributed by atoms with Crippen molar-refractivity contribution < 1.29 is 32.3 Å². The van der Waals surface area contributed by atoms with Gasteiger partial charge in [0.25, 0.3) is 5.91 Å². The van der Waals surface area contributed by atoms with Gasteiger partial charge in [0, 0.05) is 24.1 Å². The summed E-state index contributed by atoms with van der Waals surface area (Å²) in [6.45, 7) is -0.583. The highest BCUT2D eigenvalue weighted by Crippen LogP contribution is 2.27. The molecule has 0 fully saturated rings. The Bertz CT molecular complexity index is 999. The quantitative estimate of drug-likeness (QED) is 0.666. The van der Waals surface area contributed by atoms with Crippen LogP contribution in [-0.2, 0) is 20.9 Å². The van der Waals surface area contributed by atoms with E-state index < -0.39 is 30.1 Å². The van der Waals surface area contributed by atoms with Crippen molar-refractivity contribution in [2.45, 2.75) is 6.61 Å². The summed E-state index contributed by atoms with van der Waals surface area (Å²) in [6, 6.07) is 9.61. The number of amides is 1. The molecular weight excluding hydrogens is 360 g/mol. The maximum Gasteiger partial charge on any atom is 0.375 e. The van der Waals surface area contributed by atoms with Gasteiger partial charge in [0.05, 0.1) is 12.3 Å². The second kappa shape index (κ2) is 7.96. The lowest BCUT2D eigenvalue weighted by Crippen LogP contribution is -2.21. The molecule has 0 saturated heterocycles. The summed E-state index contributed by atoms with van der Waals surface area (Å²) in [5.74, 6) is -3.29. The fourth-order valence-corrected chi connectivity index (χ4v) is 2.53. The zero-order valence-electron chi connectivity index (χ0n) is 14.3. The molecule has 0 radical (unpaired) electrons. The molecule has 27 heavy (non-hydrogen) atoms. The number of nitrogens with one attached hydrogen (secondary N) is 1. The molecule has 3 rings (SSSR count). The highest BCUT2D eigenvalue weighted by Gasteiger charge is 2.22. The van der Waals surface area contributed by atoms with Crippen molar-refractivity contribution in [3.05, 3.63) is 65.4 Å². The van der Waals surface area contributed by atoms with Gasteiger partial charge >= 0.3 is 5.97 Å². The van der Waals surface area contributed by atoms with Crippen LogP contribution in [0.25, 0.3) is 11.0 Å². The summed E-state index contributed by atoms with van der Waals surface area (Å²) in [4.78, 5) is 24.2. The number of carbonyl (C=O) groups excluding carboxylic acids is 2. The van der Waals surface area contributed by atoms with Crippen molar-refractivity contribution in [2.75, 3.05) is 19.0 Å². The molecule has 0 aliphatic heterocycles. The molecule has 1 heterocycles. The number of methoxy groups -OCH3 is 1. The minimum atomic E-state index is -0.867. The number of anilines is 1. The van der Waals surface area contributed by atoms with Crippen LogP contribution in [0.3, 0.4) is 0 Å². The van der Waals surface area contributed by atoms with Gasteiger partial charge in [-0.15, -0.1) is 0 Å². The molecule has 0 saturated carbocycles. The smallest absolute Gasteiger partial charge is 0.375 e. The van der Waals surface area contributed by atoms with Crippen molar-refractivity contribution in [1.82, 2.24) is 0 Å². The van der Waals surface area contributed by atoms with Crippen LogP contribution in [0.5, 0.6) is 0 Å². The molecule has 0 aliphatic rings. The van der Waals surface area contributed by atoms with Gasteiger partial charge in [-0.05, 0) is 18.2 Å². The van der Waals surface area contributed by atoms with E-state index in [4.69, 9.17) is 13.9 Å². The van der Waals surface area contributed by atoms with Gasteiger partial charge in [0.1, 0.15) is 17.2 Å². The number of hydrogen-bond donors (Lipinski definition) is 1. The lowest BCUT2D eigenvalue weighted by atomic mass is 10.1. The predicted octanol–water partition coefficient (Wildman–Crippen LogP) is 3.65. The van der Waals surface area contributed by atoms with Crippen LogP contribution in [0.2, 0.25) is 0 Å². The first-order valence-electron chi connectivity index (χ1n) is 7.91. The third kappa shape index (κ3) is 4.12. The minimum Gasteiger partial charge on any atom is -0.450 e. The molecule has 0 atom stereocenters. The number of fused-ring (bicyclic) bond motifs is 1. The molecule has 0 spiro atoms. The fraction of sp³-hybridized carbons (Fsp3) is 0.158. The summed E-state index contributed by atoms with van der Waals surface area (Å²) in [5.41, 5.74) is 0.623. The van der Waals surface area contributed by atoms with Gasteiger partial charge in [0.15, 0.2) is 6.61 Å². The van der Waals surface area contributed by atoms with Crippen LogP contribution in [-0.4, -0.2) is 25.6 Å². The van der Waals surface area contributed by atoms with Crippen LogP contribution >= 0.6 is 0 Å². The average molecular weight is 375 g/mol. The molecule has 2 aromatic carbocycles. The lowest BCUT2D eigenvalue weighted by molar-refractivity contribution is -0.119. The van der Waals surface area contributed by atoms with Crippen molar-refractivity contribution in [3.8, 4) is 0 Å². The highest BCUT2D eigenvalue weighted by atomic mass is 19.1. The number of carbonyl (C=O) groups is 2. The molecule has 0 aliphatic carbocycles. The number of hydrogen-bond acceptors (Lipinski definition) is 5. The molecule has 3 aromatic rings. The number of halogens is 2. The van der Waals surface area contributed by atoms with Crippen LogP contribution in [0.15, 0.2) is 46.9 Å². The monoisotopic (exact) mass is 375 g/mol. The third-order valence-electron chi connectivity index (χ3n) is 3.71. The number of para-hydroxylation sites is 1. The van der Waals surface area contributed by atoms with Gasteiger partial charge in [-0.2, -0.15) is 0 Å².